The van der Waals surface area contributed by atoms with E-state index in [1.54, 1.807) is 24.3 Å². The number of nitrogens with one attached hydrogen (secondary N) is 2. The lowest BCUT2D eigenvalue weighted by molar-refractivity contribution is -0.128. The van der Waals surface area contributed by atoms with E-state index in [9.17, 15) is 13.6 Å². The summed E-state index contributed by atoms with van der Waals surface area (Å²) in [6, 6.07) is 12.4. The van der Waals surface area contributed by atoms with Gasteiger partial charge in [-0.15, -0.1) is 12.4 Å². The fraction of sp³-hybridized carbons (Fsp3) is 0.381. The Morgan fingerprint density at radius 3 is 2.04 bits per heavy atom. The molecule has 150 valence electrons. The molecule has 0 bridgehead atoms. The molecule has 1 heterocycles. The van der Waals surface area contributed by atoms with Crippen molar-refractivity contribution >= 4 is 18.3 Å². The lowest BCUT2D eigenvalue weighted by atomic mass is 9.94. The highest BCUT2D eigenvalue weighted by molar-refractivity contribution is 5.85. The Balaban J connectivity index is 0.00000225. The van der Waals surface area contributed by atoms with Crippen LogP contribution in [0.25, 0.3) is 0 Å². The number of hydrogen-bond acceptors (Lipinski definition) is 3. The minimum absolute atomic E-state index is 0. The number of amides is 1. The predicted octanol–water partition coefficient (Wildman–Crippen LogP) is 3.03. The van der Waals surface area contributed by atoms with Crippen LogP contribution in [0.1, 0.15) is 30.0 Å². The van der Waals surface area contributed by atoms with Gasteiger partial charge in [0.25, 0.3) is 0 Å². The lowest BCUT2D eigenvalue weighted by Gasteiger charge is -2.41. The Morgan fingerprint density at radius 1 is 1.00 bits per heavy atom. The minimum atomic E-state index is -0.334. The van der Waals surface area contributed by atoms with Crippen LogP contribution in [-0.2, 0) is 4.79 Å². The quantitative estimate of drug-likeness (QED) is 0.800. The molecular formula is C21H24ClF2N3O. The number of hydrogen-bond donors (Lipinski definition) is 2. The van der Waals surface area contributed by atoms with Crippen molar-refractivity contribution in [2.75, 3.05) is 19.6 Å². The number of carbonyl (C=O) groups excluding carboxylic acids is 1. The Bertz CT molecular complexity index is 751. The number of nitrogens with zero attached hydrogens (tertiary/aromatic N) is 1. The molecule has 2 aliphatic rings. The second-order valence-corrected chi connectivity index (χ2v) is 7.25. The van der Waals surface area contributed by atoms with E-state index in [2.05, 4.69) is 15.5 Å². The van der Waals surface area contributed by atoms with Crippen molar-refractivity contribution in [3.05, 3.63) is 71.3 Å². The third-order valence-corrected chi connectivity index (χ3v) is 5.21. The van der Waals surface area contributed by atoms with Crippen molar-refractivity contribution < 1.29 is 13.6 Å². The van der Waals surface area contributed by atoms with Crippen LogP contribution < -0.4 is 10.6 Å². The van der Waals surface area contributed by atoms with Gasteiger partial charge < -0.3 is 10.6 Å². The SMILES string of the molecule is Cl.O=C(NC1CC1)C1CNCCN1C(c1ccc(F)cc1)c1ccc(F)cc1. The monoisotopic (exact) mass is 407 g/mol. The van der Waals surface area contributed by atoms with Gasteiger partial charge in [0, 0.05) is 25.7 Å². The van der Waals surface area contributed by atoms with E-state index in [0.717, 1.165) is 30.5 Å². The van der Waals surface area contributed by atoms with Crippen LogP contribution in [0.3, 0.4) is 0 Å². The zero-order valence-corrected chi connectivity index (χ0v) is 16.2. The summed E-state index contributed by atoms with van der Waals surface area (Å²) in [5.41, 5.74) is 1.77. The molecule has 2 N–H and O–H groups in total. The van der Waals surface area contributed by atoms with E-state index in [4.69, 9.17) is 0 Å². The van der Waals surface area contributed by atoms with Crippen LogP contribution in [0.4, 0.5) is 8.78 Å². The zero-order chi connectivity index (χ0) is 18.8. The molecule has 2 aromatic carbocycles. The van der Waals surface area contributed by atoms with Crippen molar-refractivity contribution in [3.63, 3.8) is 0 Å². The van der Waals surface area contributed by atoms with Gasteiger partial charge in [-0.1, -0.05) is 24.3 Å². The Kier molecular flexibility index (Phi) is 6.65. The van der Waals surface area contributed by atoms with Crippen LogP contribution in [0.5, 0.6) is 0 Å². The number of piperazine rings is 1. The van der Waals surface area contributed by atoms with Gasteiger partial charge in [0.05, 0.1) is 6.04 Å². The van der Waals surface area contributed by atoms with Crippen LogP contribution in [0.15, 0.2) is 48.5 Å². The zero-order valence-electron chi connectivity index (χ0n) is 15.4. The topological polar surface area (TPSA) is 44.4 Å². The molecule has 0 spiro atoms. The first-order valence-electron chi connectivity index (χ1n) is 9.39. The van der Waals surface area contributed by atoms with E-state index < -0.39 is 0 Å². The molecule has 1 atom stereocenters. The summed E-state index contributed by atoms with van der Waals surface area (Å²) < 4.78 is 26.9. The van der Waals surface area contributed by atoms with Gasteiger partial charge in [-0.25, -0.2) is 8.78 Å². The van der Waals surface area contributed by atoms with E-state index in [-0.39, 0.29) is 48.1 Å². The lowest BCUT2D eigenvalue weighted by Crippen LogP contribution is -2.59. The van der Waals surface area contributed by atoms with Crippen molar-refractivity contribution in [2.24, 2.45) is 0 Å². The van der Waals surface area contributed by atoms with E-state index >= 15 is 0 Å². The fourth-order valence-electron chi connectivity index (χ4n) is 3.66. The van der Waals surface area contributed by atoms with Gasteiger partial charge in [-0.3, -0.25) is 9.69 Å². The number of carbonyl (C=O) groups is 1. The maximum Gasteiger partial charge on any atom is 0.238 e. The maximum atomic E-state index is 13.5. The number of halogens is 3. The Labute approximate surface area is 169 Å². The molecule has 1 unspecified atom stereocenters. The molecule has 2 aromatic rings. The Hall–Kier alpha value is -2.02. The normalized spacial score (nSPS) is 19.9. The average molecular weight is 408 g/mol. The van der Waals surface area contributed by atoms with Crippen molar-refractivity contribution in [1.82, 2.24) is 15.5 Å². The molecule has 0 aromatic heterocycles. The summed E-state index contributed by atoms with van der Waals surface area (Å²) in [6.07, 6.45) is 2.07. The summed E-state index contributed by atoms with van der Waals surface area (Å²) in [5.74, 6) is -0.598. The Morgan fingerprint density at radius 2 is 1.54 bits per heavy atom. The molecule has 1 aliphatic heterocycles. The second-order valence-electron chi connectivity index (χ2n) is 7.25. The molecule has 4 rings (SSSR count). The largest absolute Gasteiger partial charge is 0.352 e. The van der Waals surface area contributed by atoms with E-state index in [0.29, 0.717) is 13.1 Å². The molecule has 0 radical (unpaired) electrons. The van der Waals surface area contributed by atoms with Gasteiger partial charge >= 0.3 is 0 Å². The van der Waals surface area contributed by atoms with Crippen LogP contribution in [0, 0.1) is 11.6 Å². The standard InChI is InChI=1S/C21H23F2N3O.ClH/c22-16-5-1-14(2-6-16)20(15-3-7-17(23)8-4-15)26-12-11-24-13-19(26)21(27)25-18-9-10-18;/h1-8,18-20,24H,9-13H2,(H,25,27);1H. The first kappa shape index (κ1) is 20.7. The highest BCUT2D eigenvalue weighted by atomic mass is 35.5. The molecule has 28 heavy (non-hydrogen) atoms. The summed E-state index contributed by atoms with van der Waals surface area (Å²) in [5, 5.41) is 6.38. The van der Waals surface area contributed by atoms with Crippen molar-refractivity contribution in [2.45, 2.75) is 31.0 Å². The molecule has 1 aliphatic carbocycles. The highest BCUT2D eigenvalue weighted by Crippen LogP contribution is 2.32. The molecular weight excluding hydrogens is 384 g/mol. The van der Waals surface area contributed by atoms with E-state index in [1.807, 2.05) is 0 Å². The predicted molar refractivity (Wildman–Crippen MR) is 106 cm³/mol. The van der Waals surface area contributed by atoms with Gasteiger partial charge in [0.15, 0.2) is 0 Å². The molecule has 1 amide bonds. The van der Waals surface area contributed by atoms with Gasteiger partial charge in [-0.2, -0.15) is 0 Å². The molecule has 1 saturated heterocycles. The summed E-state index contributed by atoms with van der Waals surface area (Å²) in [7, 11) is 0. The third kappa shape index (κ3) is 4.69. The number of rotatable bonds is 5. The van der Waals surface area contributed by atoms with Gasteiger partial charge in [0.2, 0.25) is 5.91 Å². The maximum absolute atomic E-state index is 13.5. The van der Waals surface area contributed by atoms with Crippen molar-refractivity contribution in [1.29, 1.82) is 0 Å². The molecule has 1 saturated carbocycles. The second kappa shape index (κ2) is 8.99. The first-order chi connectivity index (χ1) is 13.1. The smallest absolute Gasteiger partial charge is 0.238 e. The van der Waals surface area contributed by atoms with E-state index in [1.165, 1.54) is 24.3 Å². The fourth-order valence-corrected chi connectivity index (χ4v) is 3.66. The van der Waals surface area contributed by atoms with Crippen LogP contribution >= 0.6 is 12.4 Å². The molecule has 2 fully saturated rings. The average Bonchev–Trinajstić information content (AvgIpc) is 3.49. The van der Waals surface area contributed by atoms with Gasteiger partial charge in [0.1, 0.15) is 17.7 Å². The summed E-state index contributed by atoms with van der Waals surface area (Å²) in [4.78, 5) is 15.0. The summed E-state index contributed by atoms with van der Waals surface area (Å²) >= 11 is 0. The molecule has 4 nitrogen and oxygen atoms in total. The number of benzene rings is 2. The summed E-state index contributed by atoms with van der Waals surface area (Å²) in [6.45, 7) is 1.98. The van der Waals surface area contributed by atoms with Crippen LogP contribution in [-0.4, -0.2) is 42.5 Å². The molecule has 7 heteroatoms. The first-order valence-corrected chi connectivity index (χ1v) is 9.39. The highest BCUT2D eigenvalue weighted by Gasteiger charge is 2.37. The minimum Gasteiger partial charge on any atom is -0.352 e. The van der Waals surface area contributed by atoms with Crippen molar-refractivity contribution in [3.8, 4) is 0 Å². The van der Waals surface area contributed by atoms with Gasteiger partial charge in [-0.05, 0) is 48.2 Å². The van der Waals surface area contributed by atoms with Crippen LogP contribution in [0.2, 0.25) is 0 Å². The third-order valence-electron chi connectivity index (χ3n) is 5.21.